The van der Waals surface area contributed by atoms with Crippen LogP contribution in [0.1, 0.15) is 13.8 Å². The Balaban J connectivity index is 2.27. The molecule has 0 saturated carbocycles. The third-order valence-corrected chi connectivity index (χ3v) is 3.56. The van der Waals surface area contributed by atoms with E-state index < -0.39 is 0 Å². The molecule has 0 aliphatic rings. The third kappa shape index (κ3) is 2.80. The van der Waals surface area contributed by atoms with Gasteiger partial charge in [0.15, 0.2) is 16.9 Å². The Labute approximate surface area is 139 Å². The van der Waals surface area contributed by atoms with Gasteiger partial charge in [-0.3, -0.25) is 4.79 Å². The normalized spacial score (nSPS) is 10.8. The van der Waals surface area contributed by atoms with E-state index >= 15 is 0 Å². The molecule has 0 atom stereocenters. The van der Waals surface area contributed by atoms with Crippen LogP contribution in [0.15, 0.2) is 51.7 Å². The summed E-state index contributed by atoms with van der Waals surface area (Å²) >= 11 is 0. The summed E-state index contributed by atoms with van der Waals surface area (Å²) in [6.07, 6.45) is 0. The van der Waals surface area contributed by atoms with Crippen molar-refractivity contribution in [2.75, 3.05) is 13.2 Å². The molecule has 24 heavy (non-hydrogen) atoms. The second-order valence-corrected chi connectivity index (χ2v) is 5.13. The van der Waals surface area contributed by atoms with Gasteiger partial charge in [0, 0.05) is 17.7 Å². The number of aromatic hydroxyl groups is 1. The van der Waals surface area contributed by atoms with E-state index in [2.05, 4.69) is 0 Å². The minimum absolute atomic E-state index is 0.0848. The van der Waals surface area contributed by atoms with E-state index in [0.29, 0.717) is 24.7 Å². The van der Waals surface area contributed by atoms with Gasteiger partial charge < -0.3 is 19.0 Å². The Hall–Kier alpha value is -2.95. The van der Waals surface area contributed by atoms with Gasteiger partial charge in [0.2, 0.25) is 5.75 Å². The quantitative estimate of drug-likeness (QED) is 0.768. The van der Waals surface area contributed by atoms with Crippen molar-refractivity contribution in [3.05, 3.63) is 52.7 Å². The molecule has 1 aromatic heterocycles. The highest BCUT2D eigenvalue weighted by Crippen LogP contribution is 2.42. The van der Waals surface area contributed by atoms with Crippen LogP contribution < -0.4 is 14.9 Å². The van der Waals surface area contributed by atoms with Gasteiger partial charge in [-0.05, 0) is 13.8 Å². The highest BCUT2D eigenvalue weighted by molar-refractivity contribution is 5.89. The van der Waals surface area contributed by atoms with Crippen LogP contribution in [0.5, 0.6) is 17.2 Å². The number of hydrogen-bond donors (Lipinski definition) is 1. The molecule has 124 valence electrons. The van der Waals surface area contributed by atoms with Crippen molar-refractivity contribution in [1.82, 2.24) is 0 Å². The molecule has 0 aliphatic carbocycles. The second-order valence-electron chi connectivity index (χ2n) is 5.13. The van der Waals surface area contributed by atoms with Gasteiger partial charge in [0.25, 0.3) is 0 Å². The summed E-state index contributed by atoms with van der Waals surface area (Å²) in [5.41, 5.74) is 0.699. The molecule has 3 aromatic rings. The molecule has 5 nitrogen and oxygen atoms in total. The SMILES string of the molecule is CCOc1cc2oc(-c3ccccc3)cc(=O)c2c(O)c1OCC. The molecule has 0 spiro atoms. The predicted octanol–water partition coefficient (Wildman–Crippen LogP) is 3.96. The molecule has 0 bridgehead atoms. The first-order valence-corrected chi connectivity index (χ1v) is 7.80. The molecule has 0 fully saturated rings. The van der Waals surface area contributed by atoms with Gasteiger partial charge in [0.05, 0.1) is 13.2 Å². The first-order valence-electron chi connectivity index (χ1n) is 7.80. The van der Waals surface area contributed by atoms with Gasteiger partial charge >= 0.3 is 0 Å². The van der Waals surface area contributed by atoms with E-state index in [1.54, 1.807) is 13.0 Å². The van der Waals surface area contributed by atoms with E-state index in [0.717, 1.165) is 5.56 Å². The van der Waals surface area contributed by atoms with E-state index in [4.69, 9.17) is 13.9 Å². The van der Waals surface area contributed by atoms with Crippen LogP contribution in [-0.4, -0.2) is 18.3 Å². The van der Waals surface area contributed by atoms with Crippen LogP contribution in [-0.2, 0) is 0 Å². The monoisotopic (exact) mass is 326 g/mol. The molecule has 0 aliphatic heterocycles. The van der Waals surface area contributed by atoms with Crippen molar-refractivity contribution in [1.29, 1.82) is 0 Å². The number of phenolic OH excluding ortho intramolecular Hbond substituents is 1. The Bertz CT molecular complexity index is 912. The topological polar surface area (TPSA) is 68.9 Å². The fourth-order valence-electron chi connectivity index (χ4n) is 2.55. The van der Waals surface area contributed by atoms with Crippen molar-refractivity contribution in [2.24, 2.45) is 0 Å². The number of phenols is 1. The van der Waals surface area contributed by atoms with Crippen LogP contribution in [0.2, 0.25) is 0 Å². The van der Waals surface area contributed by atoms with Crippen LogP contribution in [0.25, 0.3) is 22.3 Å². The number of benzene rings is 2. The third-order valence-electron chi connectivity index (χ3n) is 3.56. The van der Waals surface area contributed by atoms with Crippen LogP contribution >= 0.6 is 0 Å². The zero-order valence-corrected chi connectivity index (χ0v) is 13.5. The molecule has 0 radical (unpaired) electrons. The minimum Gasteiger partial charge on any atom is -0.504 e. The molecular weight excluding hydrogens is 308 g/mol. The zero-order valence-electron chi connectivity index (χ0n) is 13.5. The lowest BCUT2D eigenvalue weighted by Crippen LogP contribution is -2.04. The molecular formula is C19H18O5. The van der Waals surface area contributed by atoms with Gasteiger partial charge in [0.1, 0.15) is 16.7 Å². The smallest absolute Gasteiger partial charge is 0.204 e. The van der Waals surface area contributed by atoms with E-state index in [-0.39, 0.29) is 27.9 Å². The van der Waals surface area contributed by atoms with Crippen LogP contribution in [0, 0.1) is 0 Å². The number of rotatable bonds is 5. The summed E-state index contributed by atoms with van der Waals surface area (Å²) < 4.78 is 16.8. The van der Waals surface area contributed by atoms with Crippen LogP contribution in [0.3, 0.4) is 0 Å². The molecule has 0 saturated heterocycles. The minimum atomic E-state index is -0.336. The molecule has 5 heteroatoms. The maximum Gasteiger partial charge on any atom is 0.204 e. The van der Waals surface area contributed by atoms with E-state index in [1.807, 2.05) is 37.3 Å². The molecule has 0 unspecified atom stereocenters. The van der Waals surface area contributed by atoms with Gasteiger partial charge in [-0.1, -0.05) is 30.3 Å². The molecule has 3 rings (SSSR count). The first-order chi connectivity index (χ1) is 11.7. The summed E-state index contributed by atoms with van der Waals surface area (Å²) in [5.74, 6) is 0.676. The van der Waals surface area contributed by atoms with Gasteiger partial charge in [-0.25, -0.2) is 0 Å². The Kier molecular flexibility index (Phi) is 4.42. The summed E-state index contributed by atoms with van der Waals surface area (Å²) in [4.78, 5) is 12.5. The Morgan fingerprint density at radius 3 is 2.42 bits per heavy atom. The molecule has 1 heterocycles. The fourth-order valence-corrected chi connectivity index (χ4v) is 2.55. The summed E-state index contributed by atoms with van der Waals surface area (Å²) in [5, 5.41) is 10.6. The maximum atomic E-state index is 12.5. The van der Waals surface area contributed by atoms with E-state index in [9.17, 15) is 9.90 Å². The summed E-state index contributed by atoms with van der Waals surface area (Å²) in [6.45, 7) is 4.36. The highest BCUT2D eigenvalue weighted by atomic mass is 16.5. The number of fused-ring (bicyclic) bond motifs is 1. The first kappa shape index (κ1) is 15.9. The summed E-state index contributed by atoms with van der Waals surface area (Å²) in [6, 6.07) is 12.3. The van der Waals surface area contributed by atoms with Crippen molar-refractivity contribution in [2.45, 2.75) is 13.8 Å². The van der Waals surface area contributed by atoms with Crippen molar-refractivity contribution in [3.8, 4) is 28.6 Å². The second kappa shape index (κ2) is 6.66. The van der Waals surface area contributed by atoms with Crippen molar-refractivity contribution in [3.63, 3.8) is 0 Å². The lowest BCUT2D eigenvalue weighted by molar-refractivity contribution is 0.276. The largest absolute Gasteiger partial charge is 0.504 e. The average Bonchev–Trinajstić information content (AvgIpc) is 2.58. The zero-order chi connectivity index (χ0) is 17.1. The number of hydrogen-bond acceptors (Lipinski definition) is 5. The van der Waals surface area contributed by atoms with Crippen LogP contribution in [0.4, 0.5) is 0 Å². The highest BCUT2D eigenvalue weighted by Gasteiger charge is 2.20. The standard InChI is InChI=1S/C19H18O5/c1-3-22-16-11-15-17(18(21)19(16)23-4-2)13(20)10-14(24-15)12-8-6-5-7-9-12/h5-11,21H,3-4H2,1-2H3. The number of ether oxygens (including phenoxy) is 2. The molecule has 0 amide bonds. The van der Waals surface area contributed by atoms with Crippen molar-refractivity contribution < 1.29 is 19.0 Å². The van der Waals surface area contributed by atoms with Gasteiger partial charge in [-0.2, -0.15) is 0 Å². The van der Waals surface area contributed by atoms with Crippen molar-refractivity contribution >= 4 is 11.0 Å². The summed E-state index contributed by atoms with van der Waals surface area (Å²) in [7, 11) is 0. The Morgan fingerprint density at radius 1 is 1.04 bits per heavy atom. The Morgan fingerprint density at radius 2 is 1.75 bits per heavy atom. The lowest BCUT2D eigenvalue weighted by Gasteiger charge is -2.14. The van der Waals surface area contributed by atoms with Gasteiger partial charge in [-0.15, -0.1) is 0 Å². The maximum absolute atomic E-state index is 12.5. The lowest BCUT2D eigenvalue weighted by atomic mass is 10.1. The average molecular weight is 326 g/mol. The fraction of sp³-hybridized carbons (Fsp3) is 0.211. The molecule has 1 N–H and O–H groups in total. The molecule has 2 aromatic carbocycles. The predicted molar refractivity (Wildman–Crippen MR) is 91.9 cm³/mol. The van der Waals surface area contributed by atoms with E-state index in [1.165, 1.54) is 6.07 Å².